The molecule has 0 aliphatic carbocycles. The molecule has 118 valence electrons. The van der Waals surface area contributed by atoms with Gasteiger partial charge in [0.1, 0.15) is 0 Å². The molecular weight excluding hydrogens is 258 g/mol. The van der Waals surface area contributed by atoms with Crippen molar-refractivity contribution >= 4 is 0 Å². The average molecular weight is 289 g/mol. The van der Waals surface area contributed by atoms with E-state index in [0.29, 0.717) is 18.0 Å². The van der Waals surface area contributed by atoms with Crippen LogP contribution in [0.4, 0.5) is 0 Å². The van der Waals surface area contributed by atoms with Gasteiger partial charge in [-0.05, 0) is 31.4 Å². The van der Waals surface area contributed by atoms with Crippen LogP contribution in [0.3, 0.4) is 0 Å². The van der Waals surface area contributed by atoms with Crippen LogP contribution in [0, 0.1) is 0 Å². The highest BCUT2D eigenvalue weighted by Gasteiger charge is 2.27. The Morgan fingerprint density at radius 3 is 2.52 bits per heavy atom. The third-order valence-electron chi connectivity index (χ3n) is 4.99. The molecule has 0 amide bonds. The fourth-order valence-electron chi connectivity index (χ4n) is 3.54. The van der Waals surface area contributed by atoms with Crippen LogP contribution in [0.1, 0.15) is 38.7 Å². The summed E-state index contributed by atoms with van der Waals surface area (Å²) in [5.74, 6) is 0.569. The Labute approximate surface area is 130 Å². The molecule has 3 nitrogen and oxygen atoms in total. The maximum atomic E-state index is 6.09. The highest BCUT2D eigenvalue weighted by Crippen LogP contribution is 2.23. The van der Waals surface area contributed by atoms with Crippen molar-refractivity contribution < 1.29 is 0 Å². The summed E-state index contributed by atoms with van der Waals surface area (Å²) in [6, 6.07) is 12.0. The fraction of sp³-hybridized carbons (Fsp3) is 0.667. The van der Waals surface area contributed by atoms with Crippen LogP contribution >= 0.6 is 0 Å². The number of piperazine rings is 1. The van der Waals surface area contributed by atoms with Gasteiger partial charge in [0.15, 0.2) is 0 Å². The first-order valence-electron chi connectivity index (χ1n) is 8.38. The van der Waals surface area contributed by atoms with Crippen LogP contribution in [0.2, 0.25) is 0 Å². The van der Waals surface area contributed by atoms with E-state index in [4.69, 9.17) is 5.73 Å². The highest BCUT2D eigenvalue weighted by atomic mass is 15.3. The van der Waals surface area contributed by atoms with E-state index in [2.05, 4.69) is 60.9 Å². The minimum atomic E-state index is 0.502. The lowest BCUT2D eigenvalue weighted by molar-refractivity contribution is 0.0566. The van der Waals surface area contributed by atoms with E-state index in [-0.39, 0.29) is 0 Å². The van der Waals surface area contributed by atoms with Crippen molar-refractivity contribution in [2.24, 2.45) is 5.73 Å². The summed E-state index contributed by atoms with van der Waals surface area (Å²) in [7, 11) is 0. The Morgan fingerprint density at radius 1 is 1.24 bits per heavy atom. The van der Waals surface area contributed by atoms with Gasteiger partial charge in [-0.2, -0.15) is 0 Å². The van der Waals surface area contributed by atoms with Gasteiger partial charge in [-0.25, -0.2) is 0 Å². The van der Waals surface area contributed by atoms with Gasteiger partial charge >= 0.3 is 0 Å². The van der Waals surface area contributed by atoms with Crippen molar-refractivity contribution in [1.29, 1.82) is 0 Å². The number of nitrogens with zero attached hydrogens (tertiary/aromatic N) is 2. The number of rotatable bonds is 6. The van der Waals surface area contributed by atoms with E-state index in [0.717, 1.165) is 32.6 Å². The maximum Gasteiger partial charge on any atom is 0.0225 e. The molecule has 21 heavy (non-hydrogen) atoms. The molecule has 1 fully saturated rings. The molecule has 0 spiro atoms. The topological polar surface area (TPSA) is 32.5 Å². The van der Waals surface area contributed by atoms with Gasteiger partial charge < -0.3 is 5.73 Å². The normalized spacial score (nSPS) is 23.9. The Hall–Kier alpha value is -0.900. The van der Waals surface area contributed by atoms with Crippen molar-refractivity contribution in [2.75, 3.05) is 32.7 Å². The van der Waals surface area contributed by atoms with E-state index in [1.807, 2.05) is 0 Å². The Morgan fingerprint density at radius 2 is 1.95 bits per heavy atom. The second-order valence-corrected chi connectivity index (χ2v) is 6.41. The van der Waals surface area contributed by atoms with Gasteiger partial charge in [0.2, 0.25) is 0 Å². The molecule has 0 bridgehead atoms. The molecule has 1 heterocycles. The van der Waals surface area contributed by atoms with Crippen molar-refractivity contribution in [3.63, 3.8) is 0 Å². The summed E-state index contributed by atoms with van der Waals surface area (Å²) >= 11 is 0. The Kier molecular flexibility index (Phi) is 6.22. The molecule has 3 heteroatoms. The summed E-state index contributed by atoms with van der Waals surface area (Å²) in [6.45, 7) is 12.3. The van der Waals surface area contributed by atoms with Gasteiger partial charge in [-0.1, -0.05) is 44.2 Å². The van der Waals surface area contributed by atoms with E-state index >= 15 is 0 Å². The van der Waals surface area contributed by atoms with Crippen molar-refractivity contribution in [1.82, 2.24) is 9.80 Å². The molecule has 0 saturated carbocycles. The number of benzene rings is 1. The van der Waals surface area contributed by atoms with Gasteiger partial charge in [-0.15, -0.1) is 0 Å². The third kappa shape index (κ3) is 4.29. The molecular formula is C18H31N3. The van der Waals surface area contributed by atoms with Crippen LogP contribution in [-0.2, 0) is 0 Å². The zero-order chi connectivity index (χ0) is 15.2. The van der Waals surface area contributed by atoms with Gasteiger partial charge in [0, 0.05) is 38.3 Å². The molecule has 0 aromatic heterocycles. The zero-order valence-corrected chi connectivity index (χ0v) is 13.8. The first-order chi connectivity index (χ1) is 10.2. The SMILES string of the molecule is CCN1CCN(C(CN)CC(C)c2ccccc2)CC1C. The lowest BCUT2D eigenvalue weighted by atomic mass is 9.92. The molecule has 1 saturated heterocycles. The Balaban J connectivity index is 1.94. The fourth-order valence-corrected chi connectivity index (χ4v) is 3.54. The largest absolute Gasteiger partial charge is 0.329 e. The molecule has 2 N–H and O–H groups in total. The lowest BCUT2D eigenvalue weighted by Gasteiger charge is -2.43. The molecule has 1 aromatic carbocycles. The Bertz CT molecular complexity index is 406. The van der Waals surface area contributed by atoms with E-state index in [1.54, 1.807) is 0 Å². The number of likely N-dealkylation sites (N-methyl/N-ethyl adjacent to an activating group) is 1. The summed E-state index contributed by atoms with van der Waals surface area (Å²) in [4.78, 5) is 5.17. The van der Waals surface area contributed by atoms with E-state index < -0.39 is 0 Å². The minimum Gasteiger partial charge on any atom is -0.329 e. The van der Waals surface area contributed by atoms with Crippen LogP contribution in [0.25, 0.3) is 0 Å². The molecule has 2 rings (SSSR count). The number of hydrogen-bond donors (Lipinski definition) is 1. The first kappa shape index (κ1) is 16.5. The van der Waals surface area contributed by atoms with E-state index in [1.165, 1.54) is 12.1 Å². The standard InChI is InChI=1S/C18H31N3/c1-4-20-10-11-21(14-16(20)3)18(13-19)12-15(2)17-8-6-5-7-9-17/h5-9,15-16,18H,4,10-14,19H2,1-3H3. The van der Waals surface area contributed by atoms with Crippen LogP contribution in [0.15, 0.2) is 30.3 Å². The average Bonchev–Trinajstić information content (AvgIpc) is 2.53. The maximum absolute atomic E-state index is 6.09. The summed E-state index contributed by atoms with van der Waals surface area (Å²) < 4.78 is 0. The number of hydrogen-bond acceptors (Lipinski definition) is 3. The highest BCUT2D eigenvalue weighted by molar-refractivity contribution is 5.19. The third-order valence-corrected chi connectivity index (χ3v) is 4.99. The molecule has 3 atom stereocenters. The lowest BCUT2D eigenvalue weighted by Crippen LogP contribution is -2.56. The van der Waals surface area contributed by atoms with Crippen LogP contribution in [0.5, 0.6) is 0 Å². The minimum absolute atomic E-state index is 0.502. The molecule has 3 unspecified atom stereocenters. The summed E-state index contributed by atoms with van der Waals surface area (Å²) in [6.07, 6.45) is 1.15. The zero-order valence-electron chi connectivity index (χ0n) is 13.8. The second-order valence-electron chi connectivity index (χ2n) is 6.41. The monoisotopic (exact) mass is 289 g/mol. The molecule has 1 aliphatic heterocycles. The predicted octanol–water partition coefficient (Wildman–Crippen LogP) is 2.53. The molecule has 0 radical (unpaired) electrons. The van der Waals surface area contributed by atoms with Crippen molar-refractivity contribution in [2.45, 2.75) is 45.2 Å². The van der Waals surface area contributed by atoms with Crippen LogP contribution < -0.4 is 5.73 Å². The second kappa shape index (κ2) is 7.92. The summed E-state index contributed by atoms with van der Waals surface area (Å²) in [5, 5.41) is 0. The van der Waals surface area contributed by atoms with Gasteiger partial charge in [0.05, 0.1) is 0 Å². The summed E-state index contributed by atoms with van der Waals surface area (Å²) in [5.41, 5.74) is 7.51. The predicted molar refractivity (Wildman–Crippen MR) is 90.6 cm³/mol. The molecule has 1 aromatic rings. The quantitative estimate of drug-likeness (QED) is 0.873. The van der Waals surface area contributed by atoms with Crippen molar-refractivity contribution in [3.05, 3.63) is 35.9 Å². The van der Waals surface area contributed by atoms with Crippen LogP contribution in [-0.4, -0.2) is 54.6 Å². The molecule has 1 aliphatic rings. The first-order valence-corrected chi connectivity index (χ1v) is 8.38. The van der Waals surface area contributed by atoms with Gasteiger partial charge in [-0.3, -0.25) is 9.80 Å². The van der Waals surface area contributed by atoms with E-state index in [9.17, 15) is 0 Å². The van der Waals surface area contributed by atoms with Crippen molar-refractivity contribution in [3.8, 4) is 0 Å². The smallest absolute Gasteiger partial charge is 0.0225 e. The number of nitrogens with two attached hydrogens (primary N) is 1. The van der Waals surface area contributed by atoms with Gasteiger partial charge in [0.25, 0.3) is 0 Å².